The maximum absolute atomic E-state index is 6.15. The van der Waals surface area contributed by atoms with Crippen LogP contribution in [-0.2, 0) is 4.74 Å². The van der Waals surface area contributed by atoms with E-state index in [2.05, 4.69) is 40.7 Å². The monoisotopic (exact) mass is 290 g/mol. The van der Waals surface area contributed by atoms with E-state index in [9.17, 15) is 0 Å². The molecular weight excluding hydrogens is 268 g/mol. The highest BCUT2D eigenvalue weighted by atomic mass is 16.5. The average Bonchev–Trinajstić information content (AvgIpc) is 3.05. The second-order valence-corrected chi connectivity index (χ2v) is 5.91. The Bertz CT molecular complexity index is 625. The summed E-state index contributed by atoms with van der Waals surface area (Å²) >= 11 is 0. The second kappa shape index (κ2) is 5.57. The van der Waals surface area contributed by atoms with Gasteiger partial charge in [0.15, 0.2) is 11.5 Å². The minimum Gasteiger partial charge on any atom is -0.382 e. The number of ether oxygens (including phenoxy) is 1. The number of hydrogen-bond donors (Lipinski definition) is 1. The molecule has 7 nitrogen and oxygen atoms in total. The number of hydrogen-bond acceptors (Lipinski definition) is 6. The van der Waals surface area contributed by atoms with Gasteiger partial charge in [0.2, 0.25) is 0 Å². The third kappa shape index (κ3) is 2.71. The predicted molar refractivity (Wildman–Crippen MR) is 80.6 cm³/mol. The Labute approximate surface area is 124 Å². The van der Waals surface area contributed by atoms with Gasteiger partial charge in [0, 0.05) is 12.6 Å². The molecule has 0 saturated carbocycles. The van der Waals surface area contributed by atoms with E-state index in [4.69, 9.17) is 10.5 Å². The van der Waals surface area contributed by atoms with Crippen LogP contribution < -0.4 is 5.73 Å². The first kappa shape index (κ1) is 14.2. The van der Waals surface area contributed by atoms with E-state index < -0.39 is 0 Å². The fourth-order valence-corrected chi connectivity index (χ4v) is 2.64. The highest BCUT2D eigenvalue weighted by Crippen LogP contribution is 2.31. The number of imidazole rings is 1. The summed E-state index contributed by atoms with van der Waals surface area (Å²) in [5.74, 6) is 0.410. The Hall–Kier alpha value is -1.73. The van der Waals surface area contributed by atoms with Crippen LogP contribution in [0.5, 0.6) is 0 Å². The van der Waals surface area contributed by atoms with Crippen LogP contribution in [0.4, 0.5) is 5.82 Å². The van der Waals surface area contributed by atoms with E-state index in [0.717, 1.165) is 25.0 Å². The van der Waals surface area contributed by atoms with Gasteiger partial charge in [-0.05, 0) is 33.7 Å². The molecule has 3 heterocycles. The van der Waals surface area contributed by atoms with Crippen LogP contribution in [0, 0.1) is 0 Å². The van der Waals surface area contributed by atoms with Gasteiger partial charge < -0.3 is 15.4 Å². The third-order valence-electron chi connectivity index (χ3n) is 4.16. The molecule has 1 aliphatic rings. The Kier molecular flexibility index (Phi) is 3.77. The van der Waals surface area contributed by atoms with E-state index in [1.165, 1.54) is 6.33 Å². The number of nitrogens with zero attached hydrogens (tertiary/aromatic N) is 5. The molecule has 2 aromatic rings. The minimum atomic E-state index is -0.0186. The third-order valence-corrected chi connectivity index (χ3v) is 4.16. The van der Waals surface area contributed by atoms with Crippen LogP contribution >= 0.6 is 0 Å². The number of likely N-dealkylation sites (N-methyl/N-ethyl adjacent to an activating group) is 1. The first-order valence-electron chi connectivity index (χ1n) is 7.35. The van der Waals surface area contributed by atoms with Crippen LogP contribution in [-0.4, -0.2) is 50.2 Å². The highest BCUT2D eigenvalue weighted by molar-refractivity contribution is 5.81. The maximum atomic E-state index is 6.15. The fourth-order valence-electron chi connectivity index (χ4n) is 2.64. The van der Waals surface area contributed by atoms with Gasteiger partial charge in [0.1, 0.15) is 18.1 Å². The number of aromatic nitrogens is 4. The molecule has 0 radical (unpaired) electrons. The summed E-state index contributed by atoms with van der Waals surface area (Å²) in [4.78, 5) is 14.8. The summed E-state index contributed by atoms with van der Waals surface area (Å²) in [6, 6.07) is 0.522. The largest absolute Gasteiger partial charge is 0.382 e. The lowest BCUT2D eigenvalue weighted by atomic mass is 10.2. The highest BCUT2D eigenvalue weighted by Gasteiger charge is 2.29. The molecule has 1 aliphatic heterocycles. The number of anilines is 1. The van der Waals surface area contributed by atoms with E-state index in [-0.39, 0.29) is 12.3 Å². The molecule has 0 aliphatic carbocycles. The molecule has 0 spiro atoms. The van der Waals surface area contributed by atoms with E-state index in [1.54, 1.807) is 6.33 Å². The van der Waals surface area contributed by atoms with Crippen molar-refractivity contribution in [2.24, 2.45) is 0 Å². The lowest BCUT2D eigenvalue weighted by Gasteiger charge is -2.24. The molecule has 2 unspecified atom stereocenters. The zero-order valence-corrected chi connectivity index (χ0v) is 12.7. The Morgan fingerprint density at radius 2 is 2.19 bits per heavy atom. The van der Waals surface area contributed by atoms with Crippen molar-refractivity contribution >= 4 is 17.0 Å². The summed E-state index contributed by atoms with van der Waals surface area (Å²) in [6.45, 7) is 5.32. The van der Waals surface area contributed by atoms with Crippen LogP contribution in [0.2, 0.25) is 0 Å². The zero-order valence-electron chi connectivity index (χ0n) is 12.7. The van der Waals surface area contributed by atoms with Crippen LogP contribution in [0.25, 0.3) is 11.2 Å². The Morgan fingerprint density at radius 1 is 1.38 bits per heavy atom. The average molecular weight is 290 g/mol. The molecule has 7 heteroatoms. The Balaban J connectivity index is 1.75. The lowest BCUT2D eigenvalue weighted by Crippen LogP contribution is -2.34. The maximum Gasteiger partial charge on any atom is 0.167 e. The molecule has 2 aromatic heterocycles. The fraction of sp³-hybridized carbons (Fsp3) is 0.643. The molecule has 21 heavy (non-hydrogen) atoms. The van der Waals surface area contributed by atoms with Gasteiger partial charge >= 0.3 is 0 Å². The summed E-state index contributed by atoms with van der Waals surface area (Å²) in [5, 5.41) is 0. The molecule has 2 N–H and O–H groups in total. The quantitative estimate of drug-likeness (QED) is 0.917. The van der Waals surface area contributed by atoms with Crippen LogP contribution in [0.3, 0.4) is 0 Å². The number of nitrogens with two attached hydrogens (primary N) is 1. The second-order valence-electron chi connectivity index (χ2n) is 5.91. The van der Waals surface area contributed by atoms with Gasteiger partial charge in [-0.3, -0.25) is 4.57 Å². The van der Waals surface area contributed by atoms with Crippen molar-refractivity contribution in [3.63, 3.8) is 0 Å². The van der Waals surface area contributed by atoms with E-state index in [0.29, 0.717) is 17.4 Å². The van der Waals surface area contributed by atoms with Gasteiger partial charge in [-0.15, -0.1) is 0 Å². The standard InChI is InChI=1S/C14H22N6O/c1-9(2)19(3)6-10-4-5-11(21-10)20-8-18-12-13(15)16-7-17-14(12)20/h7-11H,4-6H2,1-3H3,(H2,15,16,17). The summed E-state index contributed by atoms with van der Waals surface area (Å²) in [7, 11) is 2.13. The van der Waals surface area contributed by atoms with Crippen molar-refractivity contribution in [3.8, 4) is 0 Å². The summed E-state index contributed by atoms with van der Waals surface area (Å²) in [6.07, 6.45) is 5.45. The van der Waals surface area contributed by atoms with Crippen molar-refractivity contribution in [2.75, 3.05) is 19.3 Å². The van der Waals surface area contributed by atoms with Crippen LogP contribution in [0.1, 0.15) is 32.9 Å². The summed E-state index contributed by atoms with van der Waals surface area (Å²) < 4.78 is 8.12. The molecule has 1 fully saturated rings. The number of nitrogen functional groups attached to an aromatic ring is 1. The molecule has 0 aromatic carbocycles. The van der Waals surface area contributed by atoms with Gasteiger partial charge in [-0.25, -0.2) is 15.0 Å². The SMILES string of the molecule is CC(C)N(C)CC1CCC(n2cnc3c(N)ncnc32)O1. The van der Waals surface area contributed by atoms with Crippen molar-refractivity contribution in [2.45, 2.75) is 45.1 Å². The molecule has 1 saturated heterocycles. The van der Waals surface area contributed by atoms with Crippen molar-refractivity contribution in [1.82, 2.24) is 24.4 Å². The van der Waals surface area contributed by atoms with Gasteiger partial charge in [-0.1, -0.05) is 0 Å². The molecule has 3 rings (SSSR count). The molecular formula is C14H22N6O. The van der Waals surface area contributed by atoms with Crippen LogP contribution in [0.15, 0.2) is 12.7 Å². The smallest absolute Gasteiger partial charge is 0.167 e. The lowest BCUT2D eigenvalue weighted by molar-refractivity contribution is -0.0117. The molecule has 114 valence electrons. The zero-order chi connectivity index (χ0) is 15.0. The number of rotatable bonds is 4. The number of fused-ring (bicyclic) bond motifs is 1. The first-order valence-corrected chi connectivity index (χ1v) is 7.35. The molecule has 2 atom stereocenters. The molecule has 0 bridgehead atoms. The van der Waals surface area contributed by atoms with Gasteiger partial charge in [-0.2, -0.15) is 0 Å². The van der Waals surface area contributed by atoms with Gasteiger partial charge in [0.05, 0.1) is 12.4 Å². The van der Waals surface area contributed by atoms with Crippen molar-refractivity contribution in [1.29, 1.82) is 0 Å². The summed E-state index contributed by atoms with van der Waals surface area (Å²) in [5.41, 5.74) is 7.20. The topological polar surface area (TPSA) is 82.1 Å². The normalized spacial score (nSPS) is 22.7. The molecule has 0 amide bonds. The minimum absolute atomic E-state index is 0.0186. The predicted octanol–water partition coefficient (Wildman–Crippen LogP) is 1.43. The Morgan fingerprint density at radius 3 is 2.95 bits per heavy atom. The van der Waals surface area contributed by atoms with E-state index in [1.807, 2.05) is 4.57 Å². The van der Waals surface area contributed by atoms with E-state index >= 15 is 0 Å². The first-order chi connectivity index (χ1) is 10.1. The van der Waals surface area contributed by atoms with Crippen molar-refractivity contribution in [3.05, 3.63) is 12.7 Å². The van der Waals surface area contributed by atoms with Crippen molar-refractivity contribution < 1.29 is 4.74 Å². The van der Waals surface area contributed by atoms with Gasteiger partial charge in [0.25, 0.3) is 0 Å².